The summed E-state index contributed by atoms with van der Waals surface area (Å²) in [6.07, 6.45) is 1.44. The van der Waals surface area contributed by atoms with Crippen molar-refractivity contribution in [2.75, 3.05) is 0 Å². The standard InChI is InChI=1S/C7H6Cl2N2O/c1-4-2-5(8)3-10-6(4)7(9)11-12/h2-3,12H,1H3/b11-7-. The maximum Gasteiger partial charge on any atom is 0.194 e. The zero-order valence-corrected chi connectivity index (χ0v) is 7.76. The number of rotatable bonds is 1. The van der Waals surface area contributed by atoms with E-state index in [-0.39, 0.29) is 5.17 Å². The van der Waals surface area contributed by atoms with Crippen molar-refractivity contribution in [3.63, 3.8) is 0 Å². The first-order valence-electron chi connectivity index (χ1n) is 3.15. The lowest BCUT2D eigenvalue weighted by Crippen LogP contribution is -1.98. The Morgan fingerprint density at radius 3 is 2.83 bits per heavy atom. The highest BCUT2D eigenvalue weighted by Crippen LogP contribution is 2.13. The van der Waals surface area contributed by atoms with Crippen LogP contribution in [-0.2, 0) is 0 Å². The summed E-state index contributed by atoms with van der Waals surface area (Å²) in [5, 5.41) is 11.7. The predicted octanol–water partition coefficient (Wildman–Crippen LogP) is 2.42. The zero-order valence-electron chi connectivity index (χ0n) is 6.25. The number of hydrogen-bond acceptors (Lipinski definition) is 3. The number of nitrogens with zero attached hydrogens (tertiary/aromatic N) is 2. The largest absolute Gasteiger partial charge is 0.410 e. The maximum atomic E-state index is 8.36. The molecule has 0 unspecified atom stereocenters. The van der Waals surface area contributed by atoms with Gasteiger partial charge in [0.2, 0.25) is 0 Å². The Morgan fingerprint density at radius 2 is 2.33 bits per heavy atom. The molecule has 0 aromatic carbocycles. The molecule has 0 saturated heterocycles. The van der Waals surface area contributed by atoms with Crippen LogP contribution in [0.2, 0.25) is 5.02 Å². The highest BCUT2D eigenvalue weighted by Gasteiger charge is 2.06. The number of hydrogen-bond donors (Lipinski definition) is 1. The van der Waals surface area contributed by atoms with Gasteiger partial charge in [-0.2, -0.15) is 0 Å². The van der Waals surface area contributed by atoms with E-state index in [1.807, 2.05) is 0 Å². The van der Waals surface area contributed by atoms with Gasteiger partial charge in [0.1, 0.15) is 5.69 Å². The summed E-state index contributed by atoms with van der Waals surface area (Å²) in [7, 11) is 0. The Morgan fingerprint density at radius 1 is 1.67 bits per heavy atom. The molecule has 0 fully saturated rings. The van der Waals surface area contributed by atoms with Gasteiger partial charge in [-0.1, -0.05) is 28.4 Å². The molecule has 0 amide bonds. The molecule has 0 atom stereocenters. The van der Waals surface area contributed by atoms with Crippen LogP contribution in [0, 0.1) is 6.92 Å². The van der Waals surface area contributed by atoms with E-state index in [1.165, 1.54) is 6.20 Å². The molecular formula is C7H6Cl2N2O. The third kappa shape index (κ3) is 1.87. The van der Waals surface area contributed by atoms with Crippen molar-refractivity contribution in [3.05, 3.63) is 28.5 Å². The van der Waals surface area contributed by atoms with Crippen LogP contribution in [0.1, 0.15) is 11.3 Å². The molecule has 0 spiro atoms. The maximum absolute atomic E-state index is 8.36. The molecule has 3 nitrogen and oxygen atoms in total. The van der Waals surface area contributed by atoms with Crippen molar-refractivity contribution < 1.29 is 5.21 Å². The van der Waals surface area contributed by atoms with Gasteiger partial charge in [-0.05, 0) is 18.6 Å². The highest BCUT2D eigenvalue weighted by atomic mass is 35.5. The van der Waals surface area contributed by atoms with E-state index in [4.69, 9.17) is 28.4 Å². The Balaban J connectivity index is 3.18. The molecular weight excluding hydrogens is 199 g/mol. The van der Waals surface area contributed by atoms with Crippen LogP contribution in [0.3, 0.4) is 0 Å². The molecule has 0 aliphatic carbocycles. The van der Waals surface area contributed by atoms with Crippen LogP contribution in [0.25, 0.3) is 0 Å². The highest BCUT2D eigenvalue weighted by molar-refractivity contribution is 6.69. The van der Waals surface area contributed by atoms with Gasteiger partial charge < -0.3 is 5.21 Å². The van der Waals surface area contributed by atoms with Crippen LogP contribution in [0.4, 0.5) is 0 Å². The third-order valence-corrected chi connectivity index (χ3v) is 1.79. The van der Waals surface area contributed by atoms with E-state index in [0.717, 1.165) is 5.56 Å². The van der Waals surface area contributed by atoms with Crippen molar-refractivity contribution in [2.45, 2.75) is 6.92 Å². The Kier molecular flexibility index (Phi) is 2.89. The summed E-state index contributed by atoms with van der Waals surface area (Å²) in [5.74, 6) is 0. The van der Waals surface area contributed by atoms with Crippen LogP contribution < -0.4 is 0 Å². The summed E-state index contributed by atoms with van der Waals surface area (Å²) in [5.41, 5.74) is 1.20. The molecule has 0 aliphatic heterocycles. The Bertz CT molecular complexity index is 325. The lowest BCUT2D eigenvalue weighted by molar-refractivity contribution is 0.320. The first-order valence-corrected chi connectivity index (χ1v) is 3.91. The predicted molar refractivity (Wildman–Crippen MR) is 48.2 cm³/mol. The molecule has 1 heterocycles. The summed E-state index contributed by atoms with van der Waals surface area (Å²) < 4.78 is 0. The molecule has 64 valence electrons. The molecule has 1 rings (SSSR count). The van der Waals surface area contributed by atoms with E-state index in [0.29, 0.717) is 10.7 Å². The van der Waals surface area contributed by atoms with Gasteiger partial charge in [0.25, 0.3) is 0 Å². The minimum atomic E-state index is -0.0378. The Labute approximate surface area is 79.6 Å². The number of pyridine rings is 1. The molecule has 0 saturated carbocycles. The number of aryl methyl sites for hydroxylation is 1. The van der Waals surface area contributed by atoms with Crippen LogP contribution in [0.5, 0.6) is 0 Å². The normalized spacial score (nSPS) is 11.8. The first kappa shape index (κ1) is 9.29. The van der Waals surface area contributed by atoms with Gasteiger partial charge in [-0.25, -0.2) is 0 Å². The average molecular weight is 205 g/mol. The molecule has 1 N–H and O–H groups in total. The first-order chi connectivity index (χ1) is 5.65. The van der Waals surface area contributed by atoms with Crippen LogP contribution in [0.15, 0.2) is 17.4 Å². The summed E-state index contributed by atoms with van der Waals surface area (Å²) >= 11 is 11.2. The van der Waals surface area contributed by atoms with Gasteiger partial charge >= 0.3 is 0 Å². The number of halogens is 2. The monoisotopic (exact) mass is 204 g/mol. The number of aromatic nitrogens is 1. The summed E-state index contributed by atoms with van der Waals surface area (Å²) in [6, 6.07) is 1.69. The summed E-state index contributed by atoms with van der Waals surface area (Å²) in [4.78, 5) is 3.89. The van der Waals surface area contributed by atoms with Crippen molar-refractivity contribution in [3.8, 4) is 0 Å². The Hall–Kier alpha value is -0.800. The van der Waals surface area contributed by atoms with Gasteiger partial charge in [0.15, 0.2) is 5.17 Å². The smallest absolute Gasteiger partial charge is 0.194 e. The molecule has 1 aromatic heterocycles. The van der Waals surface area contributed by atoms with Gasteiger partial charge in [0.05, 0.1) is 5.02 Å². The average Bonchev–Trinajstić information content (AvgIpc) is 2.03. The fraction of sp³-hybridized carbons (Fsp3) is 0.143. The summed E-state index contributed by atoms with van der Waals surface area (Å²) in [6.45, 7) is 1.78. The molecule has 0 bridgehead atoms. The van der Waals surface area contributed by atoms with E-state index in [9.17, 15) is 0 Å². The van der Waals surface area contributed by atoms with Gasteiger partial charge in [0, 0.05) is 6.20 Å². The van der Waals surface area contributed by atoms with Crippen molar-refractivity contribution >= 4 is 28.4 Å². The van der Waals surface area contributed by atoms with Crippen molar-refractivity contribution in [2.24, 2.45) is 5.16 Å². The van der Waals surface area contributed by atoms with E-state index in [2.05, 4.69) is 10.1 Å². The molecule has 1 aromatic rings. The van der Waals surface area contributed by atoms with Crippen LogP contribution >= 0.6 is 23.2 Å². The van der Waals surface area contributed by atoms with E-state index < -0.39 is 0 Å². The zero-order chi connectivity index (χ0) is 9.14. The minimum absolute atomic E-state index is 0.0378. The molecule has 5 heteroatoms. The number of oxime groups is 1. The van der Waals surface area contributed by atoms with Gasteiger partial charge in [-0.15, -0.1) is 0 Å². The minimum Gasteiger partial charge on any atom is -0.410 e. The molecule has 0 radical (unpaired) electrons. The molecule has 12 heavy (non-hydrogen) atoms. The van der Waals surface area contributed by atoms with E-state index >= 15 is 0 Å². The second-order valence-electron chi connectivity index (χ2n) is 2.21. The van der Waals surface area contributed by atoms with E-state index in [1.54, 1.807) is 13.0 Å². The SMILES string of the molecule is Cc1cc(Cl)cnc1/C(Cl)=N/O. The lowest BCUT2D eigenvalue weighted by Gasteiger charge is -2.00. The topological polar surface area (TPSA) is 45.5 Å². The van der Waals surface area contributed by atoms with Crippen molar-refractivity contribution in [1.29, 1.82) is 0 Å². The van der Waals surface area contributed by atoms with Gasteiger partial charge in [-0.3, -0.25) is 4.98 Å². The fourth-order valence-electron chi connectivity index (χ4n) is 0.804. The molecule has 0 aliphatic rings. The lowest BCUT2D eigenvalue weighted by atomic mass is 10.2. The third-order valence-electron chi connectivity index (χ3n) is 1.33. The fourth-order valence-corrected chi connectivity index (χ4v) is 1.21. The van der Waals surface area contributed by atoms with Crippen LogP contribution in [-0.4, -0.2) is 15.4 Å². The second kappa shape index (κ2) is 3.74. The second-order valence-corrected chi connectivity index (χ2v) is 3.00. The van der Waals surface area contributed by atoms with Crippen molar-refractivity contribution in [1.82, 2.24) is 4.98 Å². The quantitative estimate of drug-likeness (QED) is 0.434.